The molecule has 0 unspecified atom stereocenters. The molecular formula is C12H15NO2. The van der Waals surface area contributed by atoms with Gasteiger partial charge in [0.25, 0.3) is 0 Å². The molecule has 0 heterocycles. The Labute approximate surface area is 89.6 Å². The van der Waals surface area contributed by atoms with E-state index < -0.39 is 5.97 Å². The minimum Gasteiger partial charge on any atom is -0.480 e. The highest BCUT2D eigenvalue weighted by atomic mass is 16.4. The van der Waals surface area contributed by atoms with Crippen LogP contribution >= 0.6 is 0 Å². The van der Waals surface area contributed by atoms with Crippen molar-refractivity contribution in [3.8, 4) is 0 Å². The van der Waals surface area contributed by atoms with Crippen molar-refractivity contribution in [1.82, 2.24) is 0 Å². The zero-order valence-corrected chi connectivity index (χ0v) is 8.81. The van der Waals surface area contributed by atoms with E-state index >= 15 is 0 Å². The summed E-state index contributed by atoms with van der Waals surface area (Å²) in [5.74, 6) is -0.836. The van der Waals surface area contributed by atoms with E-state index in [2.05, 4.69) is 6.58 Å². The lowest BCUT2D eigenvalue weighted by Gasteiger charge is -2.21. The Balaban J connectivity index is 2.83. The number of carboxylic acid groups (broad SMARTS) is 1. The Morgan fingerprint density at radius 2 is 2.07 bits per heavy atom. The van der Waals surface area contributed by atoms with Gasteiger partial charge < -0.3 is 10.0 Å². The van der Waals surface area contributed by atoms with Crippen LogP contribution in [-0.2, 0) is 4.79 Å². The Bertz CT molecular complexity index is 343. The first-order valence-electron chi connectivity index (χ1n) is 4.78. The Hall–Kier alpha value is -1.77. The summed E-state index contributed by atoms with van der Waals surface area (Å²) >= 11 is 0. The van der Waals surface area contributed by atoms with E-state index in [0.717, 1.165) is 11.3 Å². The zero-order chi connectivity index (χ0) is 11.3. The maximum Gasteiger partial charge on any atom is 0.323 e. The number of aryl methyl sites for hydroxylation is 1. The lowest BCUT2D eigenvalue weighted by molar-refractivity contribution is -0.135. The second-order valence-corrected chi connectivity index (χ2v) is 3.40. The highest BCUT2D eigenvalue weighted by Gasteiger charge is 2.08. The maximum atomic E-state index is 10.6. The van der Waals surface area contributed by atoms with E-state index in [1.54, 1.807) is 11.0 Å². The molecule has 80 valence electrons. The van der Waals surface area contributed by atoms with E-state index in [0.29, 0.717) is 6.54 Å². The average molecular weight is 205 g/mol. The van der Waals surface area contributed by atoms with Crippen molar-refractivity contribution in [3.63, 3.8) is 0 Å². The van der Waals surface area contributed by atoms with Gasteiger partial charge in [0.2, 0.25) is 0 Å². The fraction of sp³-hybridized carbons (Fsp3) is 0.250. The molecule has 15 heavy (non-hydrogen) atoms. The zero-order valence-electron chi connectivity index (χ0n) is 8.81. The molecule has 0 fully saturated rings. The molecule has 0 spiro atoms. The summed E-state index contributed by atoms with van der Waals surface area (Å²) in [4.78, 5) is 12.4. The van der Waals surface area contributed by atoms with Crippen LogP contribution < -0.4 is 4.90 Å². The lowest BCUT2D eigenvalue weighted by Crippen LogP contribution is -2.29. The van der Waals surface area contributed by atoms with Crippen molar-refractivity contribution in [3.05, 3.63) is 42.5 Å². The second kappa shape index (κ2) is 5.20. The number of benzene rings is 1. The molecule has 0 saturated heterocycles. The predicted octanol–water partition coefficient (Wildman–Crippen LogP) is 2.07. The van der Waals surface area contributed by atoms with Gasteiger partial charge in [0.05, 0.1) is 0 Å². The first-order chi connectivity index (χ1) is 7.13. The molecule has 0 bridgehead atoms. The topological polar surface area (TPSA) is 40.5 Å². The number of aliphatic carboxylic acids is 1. The van der Waals surface area contributed by atoms with Gasteiger partial charge in [-0.1, -0.05) is 23.8 Å². The fourth-order valence-electron chi connectivity index (χ4n) is 1.34. The van der Waals surface area contributed by atoms with E-state index in [-0.39, 0.29) is 6.54 Å². The van der Waals surface area contributed by atoms with E-state index in [4.69, 9.17) is 5.11 Å². The van der Waals surface area contributed by atoms with Gasteiger partial charge in [-0.15, -0.1) is 6.58 Å². The van der Waals surface area contributed by atoms with Crippen LogP contribution in [0, 0.1) is 6.92 Å². The first-order valence-corrected chi connectivity index (χ1v) is 4.78. The van der Waals surface area contributed by atoms with Crippen molar-refractivity contribution in [1.29, 1.82) is 0 Å². The monoisotopic (exact) mass is 205 g/mol. The predicted molar refractivity (Wildman–Crippen MR) is 61.2 cm³/mol. The van der Waals surface area contributed by atoms with E-state index in [9.17, 15) is 4.79 Å². The third-order valence-corrected chi connectivity index (χ3v) is 2.07. The van der Waals surface area contributed by atoms with E-state index in [1.165, 1.54) is 0 Å². The largest absolute Gasteiger partial charge is 0.480 e. The van der Waals surface area contributed by atoms with Crippen LogP contribution in [-0.4, -0.2) is 24.2 Å². The molecule has 0 radical (unpaired) electrons. The van der Waals surface area contributed by atoms with Crippen LogP contribution in [0.15, 0.2) is 36.9 Å². The minimum atomic E-state index is -0.836. The molecule has 3 heteroatoms. The van der Waals surface area contributed by atoms with Gasteiger partial charge in [0.15, 0.2) is 0 Å². The average Bonchev–Trinajstić information content (AvgIpc) is 2.17. The van der Waals surface area contributed by atoms with Crippen molar-refractivity contribution >= 4 is 11.7 Å². The standard InChI is InChI=1S/C12H15NO2/c1-3-8-13(9-12(14)15)11-6-4-10(2)5-7-11/h3-7H,1,8-9H2,2H3,(H,14,15). The molecule has 0 saturated carbocycles. The van der Waals surface area contributed by atoms with Gasteiger partial charge >= 0.3 is 5.97 Å². The van der Waals surface area contributed by atoms with Crippen LogP contribution in [0.5, 0.6) is 0 Å². The van der Waals surface area contributed by atoms with Gasteiger partial charge in [0, 0.05) is 12.2 Å². The van der Waals surface area contributed by atoms with Crippen molar-refractivity contribution < 1.29 is 9.90 Å². The summed E-state index contributed by atoms with van der Waals surface area (Å²) < 4.78 is 0. The SMILES string of the molecule is C=CCN(CC(=O)O)c1ccc(C)cc1. The van der Waals surface area contributed by atoms with Gasteiger partial charge in [-0.05, 0) is 19.1 Å². The molecule has 1 N–H and O–H groups in total. The fourth-order valence-corrected chi connectivity index (χ4v) is 1.34. The Kier molecular flexibility index (Phi) is 3.92. The molecule has 1 aromatic rings. The van der Waals surface area contributed by atoms with Crippen LogP contribution in [0.3, 0.4) is 0 Å². The second-order valence-electron chi connectivity index (χ2n) is 3.40. The number of carboxylic acids is 1. The molecule has 1 aromatic carbocycles. The number of nitrogens with zero attached hydrogens (tertiary/aromatic N) is 1. The lowest BCUT2D eigenvalue weighted by atomic mass is 10.2. The normalized spacial score (nSPS) is 9.67. The summed E-state index contributed by atoms with van der Waals surface area (Å²) in [6.45, 7) is 6.15. The third-order valence-electron chi connectivity index (χ3n) is 2.07. The molecule has 0 aliphatic carbocycles. The number of hydrogen-bond acceptors (Lipinski definition) is 2. The molecule has 0 aliphatic rings. The smallest absolute Gasteiger partial charge is 0.323 e. The summed E-state index contributed by atoms with van der Waals surface area (Å²) in [7, 11) is 0. The van der Waals surface area contributed by atoms with Crippen molar-refractivity contribution in [2.75, 3.05) is 18.0 Å². The molecular weight excluding hydrogens is 190 g/mol. The van der Waals surface area contributed by atoms with Crippen molar-refractivity contribution in [2.45, 2.75) is 6.92 Å². The van der Waals surface area contributed by atoms with Crippen LogP contribution in [0.25, 0.3) is 0 Å². The molecule has 1 rings (SSSR count). The Morgan fingerprint density at radius 1 is 1.47 bits per heavy atom. The number of anilines is 1. The van der Waals surface area contributed by atoms with Gasteiger partial charge in [-0.2, -0.15) is 0 Å². The number of carbonyl (C=O) groups is 1. The number of rotatable bonds is 5. The molecule has 0 amide bonds. The van der Waals surface area contributed by atoms with Crippen LogP contribution in [0.4, 0.5) is 5.69 Å². The van der Waals surface area contributed by atoms with Crippen LogP contribution in [0.1, 0.15) is 5.56 Å². The summed E-state index contributed by atoms with van der Waals surface area (Å²) in [6, 6.07) is 7.77. The quantitative estimate of drug-likeness (QED) is 0.748. The highest BCUT2D eigenvalue weighted by Crippen LogP contribution is 2.14. The van der Waals surface area contributed by atoms with Crippen molar-refractivity contribution in [2.24, 2.45) is 0 Å². The third kappa shape index (κ3) is 3.46. The minimum absolute atomic E-state index is 0.00488. The maximum absolute atomic E-state index is 10.6. The molecule has 3 nitrogen and oxygen atoms in total. The Morgan fingerprint density at radius 3 is 2.53 bits per heavy atom. The number of hydrogen-bond donors (Lipinski definition) is 1. The molecule has 0 aromatic heterocycles. The summed E-state index contributed by atoms with van der Waals surface area (Å²) in [5.41, 5.74) is 2.07. The highest BCUT2D eigenvalue weighted by molar-refractivity contribution is 5.73. The van der Waals surface area contributed by atoms with Gasteiger partial charge in [-0.3, -0.25) is 4.79 Å². The van der Waals surface area contributed by atoms with Gasteiger partial charge in [-0.25, -0.2) is 0 Å². The molecule has 0 aliphatic heterocycles. The van der Waals surface area contributed by atoms with Gasteiger partial charge in [0.1, 0.15) is 6.54 Å². The summed E-state index contributed by atoms with van der Waals surface area (Å²) in [5, 5.41) is 8.75. The first kappa shape index (κ1) is 11.3. The van der Waals surface area contributed by atoms with E-state index in [1.807, 2.05) is 31.2 Å². The summed E-state index contributed by atoms with van der Waals surface area (Å²) in [6.07, 6.45) is 1.70. The van der Waals surface area contributed by atoms with Crippen LogP contribution in [0.2, 0.25) is 0 Å². The molecule has 0 atom stereocenters.